The van der Waals surface area contributed by atoms with E-state index in [9.17, 15) is 0 Å². The Balaban J connectivity index is 2.17. The molecule has 1 aliphatic rings. The molecule has 1 N–H and O–H groups in total. The van der Waals surface area contributed by atoms with Crippen molar-refractivity contribution in [1.29, 1.82) is 0 Å². The SMILES string of the molecule is CNC(c1ccc(C(C)(C)C)cc1)C1CC1C. The molecule has 1 heteroatoms. The Morgan fingerprint density at radius 3 is 2.06 bits per heavy atom. The van der Waals surface area contributed by atoms with Crippen LogP contribution >= 0.6 is 0 Å². The normalized spacial score (nSPS) is 25.7. The van der Waals surface area contributed by atoms with E-state index in [4.69, 9.17) is 0 Å². The maximum atomic E-state index is 3.47. The summed E-state index contributed by atoms with van der Waals surface area (Å²) < 4.78 is 0. The van der Waals surface area contributed by atoms with Gasteiger partial charge in [0.15, 0.2) is 0 Å². The summed E-state index contributed by atoms with van der Waals surface area (Å²) >= 11 is 0. The summed E-state index contributed by atoms with van der Waals surface area (Å²) in [5, 5.41) is 3.47. The first-order valence-electron chi connectivity index (χ1n) is 6.71. The smallest absolute Gasteiger partial charge is 0.0348 e. The Kier molecular flexibility index (Phi) is 3.31. The van der Waals surface area contributed by atoms with Crippen LogP contribution in [0.3, 0.4) is 0 Å². The van der Waals surface area contributed by atoms with Crippen LogP contribution in [0.15, 0.2) is 24.3 Å². The first-order valence-corrected chi connectivity index (χ1v) is 6.71. The van der Waals surface area contributed by atoms with E-state index in [1.165, 1.54) is 17.5 Å². The summed E-state index contributed by atoms with van der Waals surface area (Å²) in [7, 11) is 2.08. The molecule has 0 aromatic heterocycles. The quantitative estimate of drug-likeness (QED) is 0.832. The van der Waals surface area contributed by atoms with Gasteiger partial charge in [-0.3, -0.25) is 0 Å². The third-order valence-electron chi connectivity index (χ3n) is 4.05. The Bertz CT molecular complexity index is 372. The van der Waals surface area contributed by atoms with Gasteiger partial charge in [-0.1, -0.05) is 52.0 Å². The van der Waals surface area contributed by atoms with E-state index in [0.29, 0.717) is 6.04 Å². The Labute approximate surface area is 106 Å². The molecule has 1 saturated carbocycles. The third-order valence-corrected chi connectivity index (χ3v) is 4.05. The zero-order chi connectivity index (χ0) is 12.6. The van der Waals surface area contributed by atoms with Crippen molar-refractivity contribution in [2.24, 2.45) is 11.8 Å². The summed E-state index contributed by atoms with van der Waals surface area (Å²) in [6.07, 6.45) is 1.37. The number of rotatable bonds is 3. The molecule has 1 nitrogen and oxygen atoms in total. The van der Waals surface area contributed by atoms with E-state index in [2.05, 4.69) is 64.3 Å². The highest BCUT2D eigenvalue weighted by Gasteiger charge is 2.39. The number of nitrogens with one attached hydrogen (secondary N) is 1. The highest BCUT2D eigenvalue weighted by molar-refractivity contribution is 5.30. The second-order valence-electron chi connectivity index (χ2n) is 6.52. The molecule has 94 valence electrons. The summed E-state index contributed by atoms with van der Waals surface area (Å²) in [6, 6.07) is 9.71. The standard InChI is InChI=1S/C16H25N/c1-11-10-14(11)15(17-5)12-6-8-13(9-7-12)16(2,3)4/h6-9,11,14-15,17H,10H2,1-5H3. The Morgan fingerprint density at radius 1 is 1.18 bits per heavy atom. The fraction of sp³-hybridized carbons (Fsp3) is 0.625. The first kappa shape index (κ1) is 12.6. The van der Waals surface area contributed by atoms with Gasteiger partial charge in [-0.15, -0.1) is 0 Å². The molecule has 0 amide bonds. The van der Waals surface area contributed by atoms with Gasteiger partial charge in [-0.05, 0) is 41.8 Å². The molecule has 0 spiro atoms. The molecule has 1 aliphatic carbocycles. The predicted octanol–water partition coefficient (Wildman–Crippen LogP) is 3.90. The van der Waals surface area contributed by atoms with E-state index < -0.39 is 0 Å². The van der Waals surface area contributed by atoms with Crippen molar-refractivity contribution in [3.8, 4) is 0 Å². The van der Waals surface area contributed by atoms with E-state index in [-0.39, 0.29) is 5.41 Å². The van der Waals surface area contributed by atoms with Gasteiger partial charge in [0, 0.05) is 6.04 Å². The Morgan fingerprint density at radius 2 is 1.71 bits per heavy atom. The van der Waals surface area contributed by atoms with Gasteiger partial charge in [0.1, 0.15) is 0 Å². The molecule has 1 aromatic rings. The molecular weight excluding hydrogens is 206 g/mol. The minimum absolute atomic E-state index is 0.251. The zero-order valence-corrected chi connectivity index (χ0v) is 11.7. The number of hydrogen-bond acceptors (Lipinski definition) is 1. The van der Waals surface area contributed by atoms with Gasteiger partial charge in [0.05, 0.1) is 0 Å². The van der Waals surface area contributed by atoms with E-state index in [0.717, 1.165) is 11.8 Å². The van der Waals surface area contributed by atoms with Crippen LogP contribution in [0, 0.1) is 11.8 Å². The Hall–Kier alpha value is -0.820. The fourth-order valence-electron chi connectivity index (χ4n) is 2.63. The van der Waals surface area contributed by atoms with Gasteiger partial charge in [0.2, 0.25) is 0 Å². The second-order valence-corrected chi connectivity index (χ2v) is 6.52. The largest absolute Gasteiger partial charge is 0.313 e. The van der Waals surface area contributed by atoms with Crippen LogP contribution in [0.1, 0.15) is 51.3 Å². The van der Waals surface area contributed by atoms with Crippen molar-refractivity contribution >= 4 is 0 Å². The van der Waals surface area contributed by atoms with E-state index >= 15 is 0 Å². The fourth-order valence-corrected chi connectivity index (χ4v) is 2.63. The number of hydrogen-bond donors (Lipinski definition) is 1. The van der Waals surface area contributed by atoms with Crippen molar-refractivity contribution in [2.45, 2.75) is 45.6 Å². The van der Waals surface area contributed by atoms with Gasteiger partial charge >= 0.3 is 0 Å². The third kappa shape index (κ3) is 2.71. The summed E-state index contributed by atoms with van der Waals surface area (Å²) in [5.74, 6) is 1.72. The van der Waals surface area contributed by atoms with Crippen molar-refractivity contribution in [2.75, 3.05) is 7.05 Å². The molecule has 1 fully saturated rings. The van der Waals surface area contributed by atoms with Crippen molar-refractivity contribution in [3.05, 3.63) is 35.4 Å². The van der Waals surface area contributed by atoms with Crippen molar-refractivity contribution < 1.29 is 0 Å². The van der Waals surface area contributed by atoms with Gasteiger partial charge in [0.25, 0.3) is 0 Å². The molecule has 3 atom stereocenters. The van der Waals surface area contributed by atoms with Gasteiger partial charge < -0.3 is 5.32 Å². The van der Waals surface area contributed by atoms with Crippen LogP contribution in [0.2, 0.25) is 0 Å². The summed E-state index contributed by atoms with van der Waals surface area (Å²) in [5.41, 5.74) is 3.11. The van der Waals surface area contributed by atoms with Crippen molar-refractivity contribution in [3.63, 3.8) is 0 Å². The molecular formula is C16H25N. The van der Waals surface area contributed by atoms with Gasteiger partial charge in [-0.2, -0.15) is 0 Å². The average Bonchev–Trinajstić information content (AvgIpc) is 2.96. The summed E-state index contributed by atoms with van der Waals surface area (Å²) in [4.78, 5) is 0. The van der Waals surface area contributed by atoms with Crippen LogP contribution in [-0.4, -0.2) is 7.05 Å². The van der Waals surface area contributed by atoms with Crippen LogP contribution in [0.4, 0.5) is 0 Å². The maximum Gasteiger partial charge on any atom is 0.0348 e. The molecule has 0 aliphatic heterocycles. The minimum atomic E-state index is 0.251. The first-order chi connectivity index (χ1) is 7.93. The van der Waals surface area contributed by atoms with E-state index in [1.807, 2.05) is 0 Å². The molecule has 0 bridgehead atoms. The average molecular weight is 231 g/mol. The molecule has 0 heterocycles. The lowest BCUT2D eigenvalue weighted by Crippen LogP contribution is -2.19. The lowest BCUT2D eigenvalue weighted by molar-refractivity contribution is 0.503. The van der Waals surface area contributed by atoms with Crippen LogP contribution < -0.4 is 5.32 Å². The lowest BCUT2D eigenvalue weighted by atomic mass is 9.86. The van der Waals surface area contributed by atoms with E-state index in [1.54, 1.807) is 0 Å². The molecule has 17 heavy (non-hydrogen) atoms. The second kappa shape index (κ2) is 4.45. The number of benzene rings is 1. The monoisotopic (exact) mass is 231 g/mol. The molecule has 0 radical (unpaired) electrons. The summed E-state index contributed by atoms with van der Waals surface area (Å²) in [6.45, 7) is 9.14. The van der Waals surface area contributed by atoms with Crippen LogP contribution in [0.25, 0.3) is 0 Å². The maximum absolute atomic E-state index is 3.47. The topological polar surface area (TPSA) is 12.0 Å². The zero-order valence-electron chi connectivity index (χ0n) is 11.7. The molecule has 0 saturated heterocycles. The van der Waals surface area contributed by atoms with Crippen molar-refractivity contribution in [1.82, 2.24) is 5.32 Å². The predicted molar refractivity (Wildman–Crippen MR) is 74.2 cm³/mol. The van der Waals surface area contributed by atoms with Gasteiger partial charge in [-0.25, -0.2) is 0 Å². The van der Waals surface area contributed by atoms with Crippen LogP contribution in [-0.2, 0) is 5.41 Å². The highest BCUT2D eigenvalue weighted by atomic mass is 14.9. The molecule has 1 aromatic carbocycles. The minimum Gasteiger partial charge on any atom is -0.313 e. The van der Waals surface area contributed by atoms with Crippen LogP contribution in [0.5, 0.6) is 0 Å². The lowest BCUT2D eigenvalue weighted by Gasteiger charge is -2.21. The molecule has 2 rings (SSSR count). The molecule has 3 unspecified atom stereocenters. The highest BCUT2D eigenvalue weighted by Crippen LogP contribution is 2.46.